The summed E-state index contributed by atoms with van der Waals surface area (Å²) >= 11 is -3.75. The Morgan fingerprint density at radius 3 is 1.32 bits per heavy atom. The van der Waals surface area contributed by atoms with Crippen LogP contribution < -0.4 is 24.8 Å². The summed E-state index contributed by atoms with van der Waals surface area (Å²) in [7, 11) is 0. The molecule has 0 amide bonds. The summed E-state index contributed by atoms with van der Waals surface area (Å²) in [5.41, 5.74) is 7.56. The van der Waals surface area contributed by atoms with Crippen LogP contribution >= 0.6 is 0 Å². The third-order valence-corrected chi connectivity index (χ3v) is 19.7. The van der Waals surface area contributed by atoms with Crippen molar-refractivity contribution in [1.29, 1.82) is 0 Å². The van der Waals surface area contributed by atoms with Gasteiger partial charge in [0, 0.05) is 0 Å². The summed E-state index contributed by atoms with van der Waals surface area (Å²) in [6, 6.07) is 23.7. The zero-order chi connectivity index (χ0) is 37.4. The molecular formula is C44H44Cl2F6Zr. The number of fused-ring (bicyclic) bond motifs is 3. The van der Waals surface area contributed by atoms with Crippen molar-refractivity contribution in [2.24, 2.45) is 5.92 Å². The van der Waals surface area contributed by atoms with Gasteiger partial charge in [-0.1, -0.05) is 0 Å². The molecule has 0 N–H and O–H groups in total. The number of hydrogen-bond donors (Lipinski definition) is 0. The fourth-order valence-corrected chi connectivity index (χ4v) is 17.7. The first kappa shape index (κ1) is 43.0. The van der Waals surface area contributed by atoms with Crippen molar-refractivity contribution < 1.29 is 72.4 Å². The molecule has 53 heavy (non-hydrogen) atoms. The van der Waals surface area contributed by atoms with Crippen LogP contribution in [0, 0.1) is 5.92 Å². The van der Waals surface area contributed by atoms with Gasteiger partial charge in [-0.25, -0.2) is 0 Å². The van der Waals surface area contributed by atoms with Crippen LogP contribution in [-0.4, -0.2) is 3.21 Å². The Bertz CT molecular complexity index is 2020. The predicted octanol–water partition coefficient (Wildman–Crippen LogP) is 7.15. The summed E-state index contributed by atoms with van der Waals surface area (Å²) in [6.07, 6.45) is -7.04. The zero-order valence-corrected chi connectivity index (χ0v) is 35.3. The van der Waals surface area contributed by atoms with Crippen LogP contribution in [-0.2, 0) is 44.4 Å². The molecule has 0 aromatic heterocycles. The Morgan fingerprint density at radius 1 is 0.566 bits per heavy atom. The Balaban J connectivity index is 0.00000314. The topological polar surface area (TPSA) is 0 Å². The van der Waals surface area contributed by atoms with Crippen molar-refractivity contribution in [2.75, 3.05) is 0 Å². The van der Waals surface area contributed by atoms with Crippen LogP contribution in [0.25, 0.3) is 11.1 Å². The molecule has 0 saturated heterocycles. The van der Waals surface area contributed by atoms with Gasteiger partial charge in [-0.05, 0) is 0 Å². The molecule has 9 heteroatoms. The Labute approximate surface area is 329 Å². The van der Waals surface area contributed by atoms with Crippen LogP contribution in [0.15, 0.2) is 105 Å². The second-order valence-corrected chi connectivity index (χ2v) is 22.2. The molecule has 6 rings (SSSR count). The fourth-order valence-electron chi connectivity index (χ4n) is 7.70. The Hall–Kier alpha value is -2.73. The van der Waals surface area contributed by atoms with Crippen LogP contribution in [0.3, 0.4) is 0 Å². The second-order valence-electron chi connectivity index (χ2n) is 16.2. The maximum atomic E-state index is 14.4. The number of hydrogen-bond acceptors (Lipinski definition) is 0. The second kappa shape index (κ2) is 15.1. The molecule has 280 valence electrons. The van der Waals surface area contributed by atoms with Crippen LogP contribution in [0.2, 0.25) is 0 Å². The molecule has 0 saturated carbocycles. The molecule has 1 atom stereocenters. The predicted molar refractivity (Wildman–Crippen MR) is 193 cm³/mol. The van der Waals surface area contributed by atoms with Crippen molar-refractivity contribution in [3.05, 3.63) is 150 Å². The van der Waals surface area contributed by atoms with Gasteiger partial charge in [0.05, 0.1) is 0 Å². The van der Waals surface area contributed by atoms with Gasteiger partial charge in [0.1, 0.15) is 0 Å². The molecule has 0 spiro atoms. The SMILES string of the molecule is CC1=CC(C)[C]([Zr+2](=[C](c2cccc(C(F)(F)F)c2)c2cccc(C(F)(F)F)c2)[CH]2c3cc(C(C)(C)C)ccc3-c3ccc(C(C)(C)C)cc32)=C1C.[Cl-].[Cl-]. The minimum absolute atomic E-state index is 0. The van der Waals surface area contributed by atoms with Crippen LogP contribution in [0.5, 0.6) is 0 Å². The molecule has 0 aliphatic heterocycles. The maximum absolute atomic E-state index is 14.4. The van der Waals surface area contributed by atoms with Crippen molar-refractivity contribution in [2.45, 2.75) is 89.1 Å². The van der Waals surface area contributed by atoms with Gasteiger partial charge < -0.3 is 24.8 Å². The summed E-state index contributed by atoms with van der Waals surface area (Å²) in [5, 5.41) is 0. The molecule has 2 aliphatic rings. The number of rotatable bonds is 4. The first-order valence-electron chi connectivity index (χ1n) is 17.4. The monoisotopic (exact) mass is 846 g/mol. The molecular weight excluding hydrogens is 805 g/mol. The molecule has 0 radical (unpaired) electrons. The number of halogens is 8. The summed E-state index contributed by atoms with van der Waals surface area (Å²) in [4.78, 5) is 0. The average Bonchev–Trinajstić information content (AvgIpc) is 3.49. The smallest absolute Gasteiger partial charge is 1.00 e. The van der Waals surface area contributed by atoms with Gasteiger partial charge in [-0.3, -0.25) is 0 Å². The van der Waals surface area contributed by atoms with Crippen LogP contribution in [0.4, 0.5) is 26.3 Å². The van der Waals surface area contributed by atoms with E-state index in [4.69, 9.17) is 0 Å². The van der Waals surface area contributed by atoms with Gasteiger partial charge in [0.2, 0.25) is 0 Å². The van der Waals surface area contributed by atoms with E-state index in [1.807, 2.05) is 0 Å². The summed E-state index contributed by atoms with van der Waals surface area (Å²) in [5.74, 6) is -0.0184. The minimum Gasteiger partial charge on any atom is -1.00 e. The molecule has 1 unspecified atom stereocenters. The van der Waals surface area contributed by atoms with Gasteiger partial charge in [0.15, 0.2) is 0 Å². The number of alkyl halides is 6. The number of benzene rings is 4. The van der Waals surface area contributed by atoms with Crippen LogP contribution in [0.1, 0.15) is 110 Å². The standard InChI is InChI=1S/C21H25.C15H8F6.C8H11.2ClH.Zr/c1-20(2,3)16-7-9-18-14(12-16)11-15-13-17(21(4,5)6)8-10-19(15)18;16-14(17,18)12-5-1-3-10(8-12)7-11-4-2-6-13(9-11)15(19,20)21;1-6-4-7(2)8(3)5-6;;;/h7-13H,1-6H3;1-6,8-9H;4,6H,1-3H3;2*1H;/q;;;;;+2/p-2. The normalized spacial score (nSPS) is 15.9. The van der Waals surface area contributed by atoms with E-state index in [0.717, 1.165) is 68.8 Å². The van der Waals surface area contributed by atoms with E-state index in [-0.39, 0.29) is 45.2 Å². The van der Waals surface area contributed by atoms with E-state index in [0.29, 0.717) is 14.3 Å². The van der Waals surface area contributed by atoms with E-state index in [1.165, 1.54) is 15.4 Å². The third kappa shape index (κ3) is 8.29. The summed E-state index contributed by atoms with van der Waals surface area (Å²) < 4.78 is 87.9. The molecule has 0 nitrogen and oxygen atoms in total. The molecule has 0 bridgehead atoms. The average molecular weight is 849 g/mol. The van der Waals surface area contributed by atoms with E-state index < -0.39 is 44.7 Å². The quantitative estimate of drug-likeness (QED) is 0.192. The maximum Gasteiger partial charge on any atom is -1.00 e. The van der Waals surface area contributed by atoms with Crippen molar-refractivity contribution in [1.82, 2.24) is 0 Å². The van der Waals surface area contributed by atoms with E-state index in [1.54, 1.807) is 12.1 Å². The summed E-state index contributed by atoms with van der Waals surface area (Å²) in [6.45, 7) is 19.2. The van der Waals surface area contributed by atoms with Gasteiger partial charge in [-0.15, -0.1) is 0 Å². The van der Waals surface area contributed by atoms with Gasteiger partial charge in [-0.2, -0.15) is 0 Å². The van der Waals surface area contributed by atoms with Gasteiger partial charge in [0.25, 0.3) is 0 Å². The van der Waals surface area contributed by atoms with E-state index >= 15 is 0 Å². The zero-order valence-electron chi connectivity index (χ0n) is 31.3. The van der Waals surface area contributed by atoms with Crippen molar-refractivity contribution in [3.8, 4) is 11.1 Å². The van der Waals surface area contributed by atoms with E-state index in [9.17, 15) is 26.3 Å². The minimum atomic E-state index is -4.62. The third-order valence-electron chi connectivity index (χ3n) is 10.5. The van der Waals surface area contributed by atoms with E-state index in [2.05, 4.69) is 105 Å². The molecule has 0 heterocycles. The Morgan fingerprint density at radius 2 is 0.981 bits per heavy atom. The molecule has 4 aromatic carbocycles. The number of allylic oxidation sites excluding steroid dienone is 4. The largest absolute Gasteiger partial charge is 1.00 e. The van der Waals surface area contributed by atoms with Crippen molar-refractivity contribution in [3.63, 3.8) is 0 Å². The molecule has 4 aromatic rings. The first-order chi connectivity index (χ1) is 23.6. The van der Waals surface area contributed by atoms with Gasteiger partial charge >= 0.3 is 307 Å². The van der Waals surface area contributed by atoms with Crippen molar-refractivity contribution >= 4 is 3.21 Å². The molecule has 2 aliphatic carbocycles. The Kier molecular flexibility index (Phi) is 12.2. The first-order valence-corrected chi connectivity index (χ1v) is 21.2. The fraction of sp³-hybridized carbons (Fsp3) is 0.341. The molecule has 0 fully saturated rings.